The summed E-state index contributed by atoms with van der Waals surface area (Å²) in [6, 6.07) is 8.35. The summed E-state index contributed by atoms with van der Waals surface area (Å²) in [7, 11) is 1.73. The molecule has 1 aromatic heterocycles. The minimum atomic E-state index is -0.329. The third kappa shape index (κ3) is 2.96. The number of hydrogen-bond acceptors (Lipinski definition) is 3. The van der Waals surface area contributed by atoms with Gasteiger partial charge in [-0.05, 0) is 49.6 Å². The van der Waals surface area contributed by atoms with Crippen molar-refractivity contribution < 1.29 is 4.74 Å². The zero-order chi connectivity index (χ0) is 15.7. The molecule has 0 radical (unpaired) electrons. The van der Waals surface area contributed by atoms with Crippen LogP contribution in [-0.4, -0.2) is 18.6 Å². The standard InChI is InChI=1S/C18H21ClN2O/c1-18(2,22-3)15-9-17(11-20-10-15)21-7-6-13-8-16(19)5-4-14(13)12-21/h4-5,8-11H,6-7,12H2,1-3H3. The Labute approximate surface area is 136 Å². The molecule has 0 N–H and O–H groups in total. The lowest BCUT2D eigenvalue weighted by Gasteiger charge is -2.32. The van der Waals surface area contributed by atoms with Crippen LogP contribution in [0.3, 0.4) is 0 Å². The normalized spacial score (nSPS) is 14.8. The van der Waals surface area contributed by atoms with E-state index in [2.05, 4.69) is 41.9 Å². The summed E-state index contributed by atoms with van der Waals surface area (Å²) in [6.45, 7) is 5.99. The van der Waals surface area contributed by atoms with E-state index in [0.29, 0.717) is 0 Å². The Morgan fingerprint density at radius 1 is 1.18 bits per heavy atom. The zero-order valence-corrected chi connectivity index (χ0v) is 14.0. The first-order valence-corrected chi connectivity index (χ1v) is 7.90. The van der Waals surface area contributed by atoms with Crippen LogP contribution in [0.5, 0.6) is 0 Å². The third-order valence-electron chi connectivity index (χ3n) is 4.48. The number of aromatic nitrogens is 1. The predicted molar refractivity (Wildman–Crippen MR) is 90.5 cm³/mol. The van der Waals surface area contributed by atoms with Crippen LogP contribution in [0.15, 0.2) is 36.7 Å². The Bertz CT molecular complexity index is 685. The molecule has 3 nitrogen and oxygen atoms in total. The predicted octanol–water partition coefficient (Wildman–Crippen LogP) is 4.18. The minimum absolute atomic E-state index is 0.329. The van der Waals surface area contributed by atoms with Gasteiger partial charge < -0.3 is 9.64 Å². The van der Waals surface area contributed by atoms with Gasteiger partial charge in [-0.25, -0.2) is 0 Å². The second kappa shape index (κ2) is 5.90. The van der Waals surface area contributed by atoms with Crippen molar-refractivity contribution in [3.63, 3.8) is 0 Å². The summed E-state index contributed by atoms with van der Waals surface area (Å²) in [5.74, 6) is 0. The van der Waals surface area contributed by atoms with Crippen molar-refractivity contribution in [1.82, 2.24) is 4.98 Å². The van der Waals surface area contributed by atoms with E-state index >= 15 is 0 Å². The average Bonchev–Trinajstić information content (AvgIpc) is 2.54. The molecular formula is C18H21ClN2O. The van der Waals surface area contributed by atoms with Crippen molar-refractivity contribution in [1.29, 1.82) is 0 Å². The van der Waals surface area contributed by atoms with E-state index in [1.807, 2.05) is 18.5 Å². The third-order valence-corrected chi connectivity index (χ3v) is 4.71. The Balaban J connectivity index is 1.87. The van der Waals surface area contributed by atoms with E-state index in [1.54, 1.807) is 7.11 Å². The quantitative estimate of drug-likeness (QED) is 0.849. The molecule has 0 amide bonds. The van der Waals surface area contributed by atoms with Gasteiger partial charge in [0.05, 0.1) is 17.5 Å². The number of pyridine rings is 1. The van der Waals surface area contributed by atoms with Gasteiger partial charge in [-0.2, -0.15) is 0 Å². The monoisotopic (exact) mass is 316 g/mol. The van der Waals surface area contributed by atoms with Gasteiger partial charge in [0.15, 0.2) is 0 Å². The number of methoxy groups -OCH3 is 1. The summed E-state index contributed by atoms with van der Waals surface area (Å²) in [5.41, 5.74) is 4.60. The maximum atomic E-state index is 6.08. The molecule has 2 aromatic rings. The first-order valence-electron chi connectivity index (χ1n) is 7.52. The number of rotatable bonds is 3. The summed E-state index contributed by atoms with van der Waals surface area (Å²) in [5, 5.41) is 0.817. The second-order valence-corrected chi connectivity index (χ2v) is 6.67. The van der Waals surface area contributed by atoms with Gasteiger partial charge in [-0.3, -0.25) is 4.98 Å². The maximum Gasteiger partial charge on any atom is 0.0887 e. The Kier molecular flexibility index (Phi) is 4.11. The molecule has 1 aliphatic rings. The minimum Gasteiger partial charge on any atom is -0.374 e. The van der Waals surface area contributed by atoms with Crippen molar-refractivity contribution >= 4 is 17.3 Å². The number of nitrogens with zero attached hydrogens (tertiary/aromatic N) is 2. The molecule has 0 aliphatic carbocycles. The van der Waals surface area contributed by atoms with Crippen molar-refractivity contribution in [2.24, 2.45) is 0 Å². The van der Waals surface area contributed by atoms with E-state index in [0.717, 1.165) is 35.8 Å². The fourth-order valence-electron chi connectivity index (χ4n) is 2.79. The largest absolute Gasteiger partial charge is 0.374 e. The van der Waals surface area contributed by atoms with Gasteiger partial charge in [-0.1, -0.05) is 17.7 Å². The maximum absolute atomic E-state index is 6.08. The molecule has 0 saturated carbocycles. The fourth-order valence-corrected chi connectivity index (χ4v) is 2.98. The molecule has 0 saturated heterocycles. The molecule has 2 heterocycles. The number of anilines is 1. The number of fused-ring (bicyclic) bond motifs is 1. The Morgan fingerprint density at radius 2 is 2.00 bits per heavy atom. The van der Waals surface area contributed by atoms with Gasteiger partial charge in [0.25, 0.3) is 0 Å². The Morgan fingerprint density at radius 3 is 2.77 bits per heavy atom. The van der Waals surface area contributed by atoms with Crippen LogP contribution in [0.1, 0.15) is 30.5 Å². The number of ether oxygens (including phenoxy) is 1. The molecule has 3 rings (SSSR count). The van der Waals surface area contributed by atoms with E-state index in [9.17, 15) is 0 Å². The highest BCUT2D eigenvalue weighted by Crippen LogP contribution is 2.30. The first kappa shape index (κ1) is 15.3. The van der Waals surface area contributed by atoms with Crippen LogP contribution in [0.4, 0.5) is 5.69 Å². The molecule has 1 aromatic carbocycles. The van der Waals surface area contributed by atoms with Crippen molar-refractivity contribution in [3.05, 3.63) is 58.4 Å². The smallest absolute Gasteiger partial charge is 0.0887 e. The van der Waals surface area contributed by atoms with Crippen LogP contribution in [0.2, 0.25) is 5.02 Å². The van der Waals surface area contributed by atoms with E-state index in [4.69, 9.17) is 16.3 Å². The zero-order valence-electron chi connectivity index (χ0n) is 13.3. The summed E-state index contributed by atoms with van der Waals surface area (Å²) in [4.78, 5) is 6.76. The van der Waals surface area contributed by atoms with Crippen LogP contribution >= 0.6 is 11.6 Å². The molecule has 0 bridgehead atoms. The first-order chi connectivity index (χ1) is 10.5. The molecule has 4 heteroatoms. The number of hydrogen-bond donors (Lipinski definition) is 0. The lowest BCUT2D eigenvalue weighted by atomic mass is 9.97. The average molecular weight is 317 g/mol. The summed E-state index contributed by atoms with van der Waals surface area (Å²) in [6.07, 6.45) is 4.81. The van der Waals surface area contributed by atoms with Gasteiger partial charge in [-0.15, -0.1) is 0 Å². The fraction of sp³-hybridized carbons (Fsp3) is 0.389. The van der Waals surface area contributed by atoms with Crippen LogP contribution in [0.25, 0.3) is 0 Å². The number of benzene rings is 1. The molecule has 22 heavy (non-hydrogen) atoms. The molecule has 116 valence electrons. The van der Waals surface area contributed by atoms with Gasteiger partial charge in [0.1, 0.15) is 0 Å². The molecule has 1 aliphatic heterocycles. The SMILES string of the molecule is COC(C)(C)c1cncc(N2CCc3cc(Cl)ccc3C2)c1. The molecule has 0 fully saturated rings. The van der Waals surface area contributed by atoms with E-state index in [1.165, 1.54) is 11.1 Å². The van der Waals surface area contributed by atoms with Gasteiger partial charge in [0.2, 0.25) is 0 Å². The van der Waals surface area contributed by atoms with E-state index < -0.39 is 0 Å². The van der Waals surface area contributed by atoms with Gasteiger partial charge in [0, 0.05) is 37.0 Å². The van der Waals surface area contributed by atoms with E-state index in [-0.39, 0.29) is 5.60 Å². The highest BCUT2D eigenvalue weighted by atomic mass is 35.5. The van der Waals surface area contributed by atoms with Crippen LogP contribution in [0, 0.1) is 0 Å². The summed E-state index contributed by atoms with van der Waals surface area (Å²) < 4.78 is 5.56. The second-order valence-electron chi connectivity index (χ2n) is 6.23. The van der Waals surface area contributed by atoms with Crippen LogP contribution < -0.4 is 4.90 Å². The number of halogens is 1. The molecule has 0 atom stereocenters. The van der Waals surface area contributed by atoms with Gasteiger partial charge >= 0.3 is 0 Å². The molecule has 0 unspecified atom stereocenters. The van der Waals surface area contributed by atoms with Crippen molar-refractivity contribution in [2.45, 2.75) is 32.4 Å². The van der Waals surface area contributed by atoms with Crippen LogP contribution in [-0.2, 0) is 23.3 Å². The summed E-state index contributed by atoms with van der Waals surface area (Å²) >= 11 is 6.08. The lowest BCUT2D eigenvalue weighted by molar-refractivity contribution is 0.0190. The molecular weight excluding hydrogens is 296 g/mol. The van der Waals surface area contributed by atoms with Crippen molar-refractivity contribution in [3.8, 4) is 0 Å². The Hall–Kier alpha value is -1.58. The highest BCUT2D eigenvalue weighted by molar-refractivity contribution is 6.30. The topological polar surface area (TPSA) is 25.4 Å². The lowest BCUT2D eigenvalue weighted by Crippen LogP contribution is -2.31. The highest BCUT2D eigenvalue weighted by Gasteiger charge is 2.22. The molecule has 0 spiro atoms. The van der Waals surface area contributed by atoms with Crippen molar-refractivity contribution in [2.75, 3.05) is 18.6 Å².